The molecule has 1 saturated heterocycles. The van der Waals surface area contributed by atoms with Gasteiger partial charge in [-0.05, 0) is 24.1 Å². The van der Waals surface area contributed by atoms with E-state index < -0.39 is 5.92 Å². The average Bonchev–Trinajstić information content (AvgIpc) is 3.16. The molecule has 1 aromatic carbocycles. The minimum absolute atomic E-state index is 0.193. The summed E-state index contributed by atoms with van der Waals surface area (Å²) >= 11 is 0. The number of carbonyl (C=O) groups excluding carboxylic acids is 1. The zero-order valence-electron chi connectivity index (χ0n) is 13.0. The molecule has 2 fully saturated rings. The van der Waals surface area contributed by atoms with Gasteiger partial charge < -0.3 is 9.32 Å². The summed E-state index contributed by atoms with van der Waals surface area (Å²) in [5.41, 5.74) is 1.78. The van der Waals surface area contributed by atoms with Crippen molar-refractivity contribution in [2.75, 3.05) is 6.54 Å². The second-order valence-corrected chi connectivity index (χ2v) is 6.52. The Kier molecular flexibility index (Phi) is 3.58. The number of hydrogen-bond acceptors (Lipinski definition) is 4. The summed E-state index contributed by atoms with van der Waals surface area (Å²) in [6.45, 7) is 1.41. The van der Waals surface area contributed by atoms with Crippen LogP contribution in [0.25, 0.3) is 11.5 Å². The Morgan fingerprint density at radius 2 is 1.96 bits per heavy atom. The van der Waals surface area contributed by atoms with Crippen molar-refractivity contribution in [1.29, 1.82) is 0 Å². The predicted molar refractivity (Wildman–Crippen MR) is 81.3 cm³/mol. The molecule has 1 aliphatic heterocycles. The number of likely N-dealkylation sites (tertiary alicyclic amines) is 1. The first-order chi connectivity index (χ1) is 11.5. The summed E-state index contributed by atoms with van der Waals surface area (Å²) in [4.78, 5) is 13.5. The van der Waals surface area contributed by atoms with Crippen LogP contribution < -0.4 is 0 Å². The number of nitrogens with zero attached hydrogens (tertiary/aromatic N) is 3. The summed E-state index contributed by atoms with van der Waals surface area (Å²) in [6, 6.07) is 7.54. The smallest absolute Gasteiger partial charge is 0.249 e. The van der Waals surface area contributed by atoms with Gasteiger partial charge in [0.05, 0.1) is 0 Å². The molecule has 4 rings (SSSR count). The topological polar surface area (TPSA) is 59.2 Å². The molecule has 1 aliphatic carbocycles. The van der Waals surface area contributed by atoms with Crippen molar-refractivity contribution in [3.63, 3.8) is 0 Å². The molecular weight excluding hydrogens is 316 g/mol. The van der Waals surface area contributed by atoms with Crippen molar-refractivity contribution in [2.45, 2.75) is 44.1 Å². The van der Waals surface area contributed by atoms with Gasteiger partial charge in [-0.3, -0.25) is 4.79 Å². The Labute approximate surface area is 137 Å². The summed E-state index contributed by atoms with van der Waals surface area (Å²) in [5.74, 6) is -2.14. The highest BCUT2D eigenvalue weighted by Gasteiger charge is 2.48. The molecule has 1 aromatic heterocycles. The van der Waals surface area contributed by atoms with Crippen LogP contribution in [-0.4, -0.2) is 33.5 Å². The van der Waals surface area contributed by atoms with E-state index in [1.165, 1.54) is 0 Å². The number of halogens is 2. The number of rotatable bonds is 4. The molecule has 5 nitrogen and oxygen atoms in total. The van der Waals surface area contributed by atoms with Crippen LogP contribution in [0.1, 0.15) is 43.1 Å². The molecule has 1 saturated carbocycles. The van der Waals surface area contributed by atoms with Crippen LogP contribution in [0.2, 0.25) is 0 Å². The maximum atomic E-state index is 12.9. The molecule has 0 bridgehead atoms. The van der Waals surface area contributed by atoms with Crippen LogP contribution in [0.5, 0.6) is 0 Å². The highest BCUT2D eigenvalue weighted by atomic mass is 19.3. The summed E-state index contributed by atoms with van der Waals surface area (Å²) in [6.07, 6.45) is 1.10. The van der Waals surface area contributed by atoms with Crippen molar-refractivity contribution in [1.82, 2.24) is 15.1 Å². The van der Waals surface area contributed by atoms with E-state index in [0.717, 1.165) is 24.1 Å². The number of aromatic nitrogens is 2. The van der Waals surface area contributed by atoms with E-state index >= 15 is 0 Å². The van der Waals surface area contributed by atoms with E-state index in [1.54, 1.807) is 0 Å². The maximum Gasteiger partial charge on any atom is 0.249 e. The highest BCUT2D eigenvalue weighted by Crippen LogP contribution is 2.48. The van der Waals surface area contributed by atoms with E-state index in [2.05, 4.69) is 10.2 Å². The van der Waals surface area contributed by atoms with Crippen LogP contribution in [-0.2, 0) is 11.3 Å². The number of carbonyl (C=O) groups is 1. The monoisotopic (exact) mass is 333 g/mol. The lowest BCUT2D eigenvalue weighted by atomic mass is 9.81. The third kappa shape index (κ3) is 2.90. The molecule has 0 N–H and O–H groups in total. The lowest BCUT2D eigenvalue weighted by Gasteiger charge is -2.32. The van der Waals surface area contributed by atoms with Crippen molar-refractivity contribution in [3.8, 4) is 11.5 Å². The lowest BCUT2D eigenvalue weighted by molar-refractivity contribution is -0.128. The third-order valence-corrected chi connectivity index (χ3v) is 4.63. The maximum absolute atomic E-state index is 12.9. The first-order valence-corrected chi connectivity index (χ1v) is 8.08. The number of amides is 1. The summed E-state index contributed by atoms with van der Waals surface area (Å²) in [5, 5.41) is 7.85. The van der Waals surface area contributed by atoms with Crippen LogP contribution in [0.15, 0.2) is 28.7 Å². The molecule has 2 heterocycles. The summed E-state index contributed by atoms with van der Waals surface area (Å²) < 4.78 is 31.4. The molecule has 2 aliphatic rings. The van der Waals surface area contributed by atoms with Gasteiger partial charge in [-0.25, -0.2) is 8.78 Å². The molecule has 0 radical (unpaired) electrons. The van der Waals surface area contributed by atoms with Gasteiger partial charge in [0, 0.05) is 43.8 Å². The van der Waals surface area contributed by atoms with Crippen molar-refractivity contribution in [3.05, 3.63) is 35.7 Å². The third-order valence-electron chi connectivity index (χ3n) is 4.63. The zero-order valence-corrected chi connectivity index (χ0v) is 13.0. The van der Waals surface area contributed by atoms with Crippen molar-refractivity contribution >= 4 is 5.91 Å². The Morgan fingerprint density at radius 3 is 2.58 bits per heavy atom. The molecule has 7 heteroatoms. The Hall–Kier alpha value is -2.31. The van der Waals surface area contributed by atoms with Gasteiger partial charge in [-0.15, -0.1) is 10.2 Å². The van der Waals surface area contributed by atoms with Crippen molar-refractivity contribution < 1.29 is 18.0 Å². The van der Waals surface area contributed by atoms with E-state index in [4.69, 9.17) is 4.42 Å². The Morgan fingerprint density at radius 1 is 1.21 bits per heavy atom. The predicted octanol–water partition coefficient (Wildman–Crippen LogP) is 3.37. The first kappa shape index (κ1) is 15.2. The van der Waals surface area contributed by atoms with E-state index in [1.807, 2.05) is 29.2 Å². The van der Waals surface area contributed by atoms with Crippen LogP contribution in [0, 0.1) is 0 Å². The zero-order chi connectivity index (χ0) is 16.7. The van der Waals surface area contributed by atoms with E-state index in [-0.39, 0.29) is 30.6 Å². The minimum Gasteiger partial charge on any atom is -0.420 e. The fourth-order valence-corrected chi connectivity index (χ4v) is 3.20. The quantitative estimate of drug-likeness (QED) is 0.861. The minimum atomic E-state index is -2.60. The van der Waals surface area contributed by atoms with Crippen LogP contribution >= 0.6 is 0 Å². The van der Waals surface area contributed by atoms with E-state index in [9.17, 15) is 13.6 Å². The molecule has 126 valence electrons. The molecule has 2 aromatic rings. The largest absolute Gasteiger partial charge is 0.420 e. The summed E-state index contributed by atoms with van der Waals surface area (Å²) in [7, 11) is 0. The van der Waals surface area contributed by atoms with Gasteiger partial charge in [0.2, 0.25) is 23.6 Å². The Balaban J connectivity index is 1.43. The highest BCUT2D eigenvalue weighted by molar-refractivity contribution is 5.78. The molecule has 24 heavy (non-hydrogen) atoms. The van der Waals surface area contributed by atoms with Crippen LogP contribution in [0.4, 0.5) is 8.78 Å². The fourth-order valence-electron chi connectivity index (χ4n) is 3.20. The SMILES string of the molecule is O=C1CCCN1Cc1ccc(-c2nnc(C3CC(F)(F)C3)o2)cc1. The standard InChI is InChI=1S/C17H17F2N3O2/c18-17(19)8-13(9-17)16-21-20-15(24-16)12-5-3-11(4-6-12)10-22-7-1-2-14(22)23/h3-6,13H,1-2,7-10H2. The number of alkyl halides is 2. The molecule has 0 atom stereocenters. The normalized spacial score (nSPS) is 20.4. The van der Waals surface area contributed by atoms with Gasteiger partial charge >= 0.3 is 0 Å². The van der Waals surface area contributed by atoms with Crippen LogP contribution in [0.3, 0.4) is 0 Å². The molecular formula is C17H17F2N3O2. The Bertz CT molecular complexity index is 749. The first-order valence-electron chi connectivity index (χ1n) is 8.08. The van der Waals surface area contributed by atoms with E-state index in [0.29, 0.717) is 18.9 Å². The lowest BCUT2D eigenvalue weighted by Crippen LogP contribution is -2.33. The van der Waals surface area contributed by atoms with Gasteiger partial charge in [0.1, 0.15) is 0 Å². The van der Waals surface area contributed by atoms with Gasteiger partial charge in [-0.2, -0.15) is 0 Å². The second-order valence-electron chi connectivity index (χ2n) is 6.52. The van der Waals surface area contributed by atoms with Crippen molar-refractivity contribution in [2.24, 2.45) is 0 Å². The number of benzene rings is 1. The molecule has 1 amide bonds. The average molecular weight is 333 g/mol. The molecule has 0 spiro atoms. The molecule has 0 unspecified atom stereocenters. The number of hydrogen-bond donors (Lipinski definition) is 0. The fraction of sp³-hybridized carbons (Fsp3) is 0.471. The van der Waals surface area contributed by atoms with Gasteiger partial charge in [0.25, 0.3) is 0 Å². The van der Waals surface area contributed by atoms with Gasteiger partial charge in [-0.1, -0.05) is 12.1 Å². The van der Waals surface area contributed by atoms with Gasteiger partial charge in [0.15, 0.2) is 0 Å². The second kappa shape index (κ2) is 5.65.